The molecule has 0 aliphatic carbocycles. The van der Waals surface area contributed by atoms with Crippen LogP contribution in [0, 0.1) is 5.92 Å². The van der Waals surface area contributed by atoms with Crippen LogP contribution in [-0.4, -0.2) is 65.6 Å². The average Bonchev–Trinajstić information content (AvgIpc) is 2.64. The Bertz CT molecular complexity index is 768. The molecule has 0 aromatic heterocycles. The van der Waals surface area contributed by atoms with E-state index in [0.717, 1.165) is 12.0 Å². The first kappa shape index (κ1) is 28.6. The van der Waals surface area contributed by atoms with E-state index in [1.165, 1.54) is 17.0 Å². The maximum atomic E-state index is 11.8. The summed E-state index contributed by atoms with van der Waals surface area (Å²) in [5, 5.41) is 11.2. The summed E-state index contributed by atoms with van der Waals surface area (Å²) >= 11 is 0. The van der Waals surface area contributed by atoms with Gasteiger partial charge >= 0.3 is 0 Å². The molecular weight excluding hydrogens is 521 g/mol. The number of ether oxygens (including phenoxy) is 1. The van der Waals surface area contributed by atoms with Crippen molar-refractivity contribution in [2.45, 2.75) is 31.7 Å². The Morgan fingerprint density at radius 3 is 2.33 bits per heavy atom. The van der Waals surface area contributed by atoms with Crippen LogP contribution in [-0.2, 0) is 26.1 Å². The Kier molecular flexibility index (Phi) is 13.8. The molecule has 11 heteroatoms. The number of likely N-dealkylation sites (N-methyl/N-ethyl adjacent to an activating group) is 1. The van der Waals surface area contributed by atoms with E-state index in [1.54, 1.807) is 26.2 Å². The van der Waals surface area contributed by atoms with Crippen LogP contribution in [0.4, 0.5) is 0 Å². The molecule has 0 fully saturated rings. The fourth-order valence-electron chi connectivity index (χ4n) is 2.11. The second-order valence-electron chi connectivity index (χ2n) is 7.22. The van der Waals surface area contributed by atoms with Gasteiger partial charge in [-0.25, -0.2) is 18.5 Å². The molecule has 0 unspecified atom stereocenters. The Hall–Kier alpha value is -1.44. The number of guanidine groups is 1. The highest BCUT2D eigenvalue weighted by molar-refractivity contribution is 14.0. The Balaban J connectivity index is 0.00000841. The Morgan fingerprint density at radius 1 is 1.17 bits per heavy atom. The van der Waals surface area contributed by atoms with Crippen molar-refractivity contribution in [1.29, 1.82) is 0 Å². The fraction of sp³-hybridized carbons (Fsp3) is 0.579. The summed E-state index contributed by atoms with van der Waals surface area (Å²) in [5.41, 5.74) is 0.811. The van der Waals surface area contributed by atoms with Crippen LogP contribution in [0.2, 0.25) is 0 Å². The van der Waals surface area contributed by atoms with Gasteiger partial charge in [0.2, 0.25) is 15.9 Å². The van der Waals surface area contributed by atoms with E-state index in [1.807, 2.05) is 0 Å². The minimum absolute atomic E-state index is 0. The first-order chi connectivity index (χ1) is 13.6. The number of sulfonamides is 1. The number of carbonyl (C=O) groups excluding carboxylic acids is 1. The second kappa shape index (κ2) is 14.5. The van der Waals surface area contributed by atoms with Crippen molar-refractivity contribution in [3.8, 4) is 0 Å². The molecule has 0 bridgehead atoms. The molecule has 0 aliphatic rings. The van der Waals surface area contributed by atoms with Crippen molar-refractivity contribution in [2.24, 2.45) is 16.0 Å². The molecule has 0 aliphatic heterocycles. The van der Waals surface area contributed by atoms with Crippen molar-refractivity contribution in [2.75, 3.05) is 40.4 Å². The fourth-order valence-corrected chi connectivity index (χ4v) is 2.62. The van der Waals surface area contributed by atoms with Crippen molar-refractivity contribution in [3.63, 3.8) is 0 Å². The van der Waals surface area contributed by atoms with Crippen LogP contribution < -0.4 is 15.8 Å². The predicted octanol–water partition coefficient (Wildman–Crippen LogP) is 1.14. The number of halogens is 1. The first-order valence-electron chi connectivity index (χ1n) is 9.51. The molecule has 9 nitrogen and oxygen atoms in total. The van der Waals surface area contributed by atoms with Crippen molar-refractivity contribution < 1.29 is 17.9 Å². The zero-order chi connectivity index (χ0) is 21.9. The lowest BCUT2D eigenvalue weighted by Gasteiger charge is -2.15. The number of nitrogens with zero attached hydrogens (tertiary/aromatic N) is 2. The largest absolute Gasteiger partial charge is 0.380 e. The summed E-state index contributed by atoms with van der Waals surface area (Å²) in [6, 6.07) is 6.19. The topological polar surface area (TPSA) is 126 Å². The standard InChI is InChI=1S/C19H33N5O4S.HI/c1-15(2)9-11-28-12-10-21-19(23-14-18(25)24(3)4)22-13-16-5-7-17(8-6-16)29(20,26)27;/h5-8,15H,9-14H2,1-4H3,(H2,20,26,27)(H2,21,22,23);1H. The highest BCUT2D eigenvalue weighted by atomic mass is 127. The average molecular weight is 555 g/mol. The number of nitrogens with two attached hydrogens (primary N) is 1. The maximum Gasteiger partial charge on any atom is 0.241 e. The normalized spacial score (nSPS) is 11.7. The van der Waals surface area contributed by atoms with Gasteiger partial charge in [0, 0.05) is 27.2 Å². The van der Waals surface area contributed by atoms with Gasteiger partial charge in [0.25, 0.3) is 0 Å². The van der Waals surface area contributed by atoms with Gasteiger partial charge in [-0.3, -0.25) is 4.79 Å². The Labute approximate surface area is 196 Å². The number of rotatable bonds is 11. The molecule has 4 N–H and O–H groups in total. The summed E-state index contributed by atoms with van der Waals surface area (Å²) < 4.78 is 28.2. The molecule has 0 atom stereocenters. The Morgan fingerprint density at radius 2 is 1.80 bits per heavy atom. The first-order valence-corrected chi connectivity index (χ1v) is 11.1. The lowest BCUT2D eigenvalue weighted by Crippen LogP contribution is -2.43. The second-order valence-corrected chi connectivity index (χ2v) is 8.78. The van der Waals surface area contributed by atoms with Gasteiger partial charge in [0.1, 0.15) is 0 Å². The maximum absolute atomic E-state index is 11.8. The van der Waals surface area contributed by atoms with E-state index >= 15 is 0 Å². The van der Waals surface area contributed by atoms with Crippen LogP contribution in [0.15, 0.2) is 34.2 Å². The number of hydrogen-bond donors (Lipinski definition) is 3. The summed E-state index contributed by atoms with van der Waals surface area (Å²) in [7, 11) is -0.350. The van der Waals surface area contributed by atoms with Gasteiger partial charge in [-0.1, -0.05) is 26.0 Å². The predicted molar refractivity (Wildman–Crippen MR) is 129 cm³/mol. The molecule has 1 aromatic carbocycles. The smallest absolute Gasteiger partial charge is 0.241 e. The molecule has 30 heavy (non-hydrogen) atoms. The van der Waals surface area contributed by atoms with Crippen molar-refractivity contribution in [3.05, 3.63) is 29.8 Å². The minimum Gasteiger partial charge on any atom is -0.380 e. The molecule has 0 radical (unpaired) electrons. The highest BCUT2D eigenvalue weighted by Gasteiger charge is 2.08. The van der Waals surface area contributed by atoms with Crippen molar-refractivity contribution >= 4 is 45.9 Å². The number of amides is 1. The van der Waals surface area contributed by atoms with Gasteiger partial charge in [0.05, 0.1) is 24.6 Å². The van der Waals surface area contributed by atoms with Crippen LogP contribution in [0.25, 0.3) is 0 Å². The number of nitrogens with one attached hydrogen (secondary N) is 2. The third-order valence-corrected chi connectivity index (χ3v) is 4.89. The van der Waals surface area contributed by atoms with Crippen LogP contribution in [0.5, 0.6) is 0 Å². The quantitative estimate of drug-likeness (QED) is 0.163. The summed E-state index contributed by atoms with van der Waals surface area (Å²) in [6.07, 6.45) is 1.01. The van der Waals surface area contributed by atoms with Crippen LogP contribution >= 0.6 is 24.0 Å². The summed E-state index contributed by atoms with van der Waals surface area (Å²) in [6.45, 7) is 6.49. The van der Waals surface area contributed by atoms with E-state index in [-0.39, 0.29) is 41.3 Å². The zero-order valence-electron chi connectivity index (χ0n) is 18.1. The molecule has 172 valence electrons. The number of carbonyl (C=O) groups is 1. The van der Waals surface area contributed by atoms with Crippen LogP contribution in [0.3, 0.4) is 0 Å². The van der Waals surface area contributed by atoms with Gasteiger partial charge < -0.3 is 20.3 Å². The summed E-state index contributed by atoms with van der Waals surface area (Å²) in [4.78, 5) is 17.8. The van der Waals surface area contributed by atoms with E-state index in [4.69, 9.17) is 9.88 Å². The summed E-state index contributed by atoms with van der Waals surface area (Å²) in [5.74, 6) is 0.993. The number of benzene rings is 1. The van der Waals surface area contributed by atoms with E-state index in [2.05, 4.69) is 29.5 Å². The van der Waals surface area contributed by atoms with Crippen LogP contribution in [0.1, 0.15) is 25.8 Å². The molecule has 1 aromatic rings. The SMILES string of the molecule is CC(C)CCOCCNC(=NCc1ccc(S(N)(=O)=O)cc1)NCC(=O)N(C)C.I. The third-order valence-electron chi connectivity index (χ3n) is 3.96. The third kappa shape index (κ3) is 12.3. The zero-order valence-corrected chi connectivity index (χ0v) is 21.2. The molecule has 0 spiro atoms. The number of aliphatic imine (C=N–C) groups is 1. The number of primary sulfonamides is 1. The lowest BCUT2D eigenvalue weighted by atomic mass is 10.1. The molecule has 1 amide bonds. The monoisotopic (exact) mass is 555 g/mol. The lowest BCUT2D eigenvalue weighted by molar-refractivity contribution is -0.127. The van der Waals surface area contributed by atoms with Crippen molar-refractivity contribution in [1.82, 2.24) is 15.5 Å². The van der Waals surface area contributed by atoms with Gasteiger partial charge in [-0.15, -0.1) is 24.0 Å². The van der Waals surface area contributed by atoms with Gasteiger partial charge in [0.15, 0.2) is 5.96 Å². The number of hydrogen-bond acceptors (Lipinski definition) is 5. The van der Waals surface area contributed by atoms with Gasteiger partial charge in [-0.05, 0) is 30.0 Å². The van der Waals surface area contributed by atoms with E-state index in [0.29, 0.717) is 38.2 Å². The van der Waals surface area contributed by atoms with E-state index in [9.17, 15) is 13.2 Å². The molecular formula is C19H34IN5O4S. The molecule has 0 saturated carbocycles. The van der Waals surface area contributed by atoms with Gasteiger partial charge in [-0.2, -0.15) is 0 Å². The highest BCUT2D eigenvalue weighted by Crippen LogP contribution is 2.09. The van der Waals surface area contributed by atoms with E-state index < -0.39 is 10.0 Å². The minimum atomic E-state index is -3.72. The molecule has 0 saturated heterocycles. The molecule has 0 heterocycles. The molecule has 1 rings (SSSR count).